The average molecular weight is 855 g/mol. The van der Waals surface area contributed by atoms with E-state index in [0.29, 0.717) is 95.9 Å². The Hall–Kier alpha value is -6.71. The highest BCUT2D eigenvalue weighted by atomic mass is 16.7. The number of nitrogens with zero attached hydrogens (tertiary/aromatic N) is 6. The zero-order valence-corrected chi connectivity index (χ0v) is 35.4. The first-order valence-electron chi connectivity index (χ1n) is 21.8. The molecule has 16 nitrogen and oxygen atoms in total. The molecule has 1 spiro atoms. The van der Waals surface area contributed by atoms with E-state index >= 15 is 0 Å². The molecule has 3 amide bonds. The molecular formula is C47H50N8O8. The number of fused-ring (bicyclic) bond motifs is 2. The number of carbonyl (C=O) groups excluding carboxylic acids is 3. The highest BCUT2D eigenvalue weighted by molar-refractivity contribution is 6.09. The van der Waals surface area contributed by atoms with E-state index < -0.39 is 17.4 Å². The van der Waals surface area contributed by atoms with Gasteiger partial charge in [0, 0.05) is 50.1 Å². The van der Waals surface area contributed by atoms with Crippen molar-refractivity contribution >= 4 is 34.5 Å². The summed E-state index contributed by atoms with van der Waals surface area (Å²) in [6.07, 6.45) is 14.1. The van der Waals surface area contributed by atoms with Crippen molar-refractivity contribution in [1.29, 1.82) is 0 Å². The molecule has 3 aromatic heterocycles. The van der Waals surface area contributed by atoms with Gasteiger partial charge in [-0.15, -0.1) is 0 Å². The second-order valence-corrected chi connectivity index (χ2v) is 17.2. The normalized spacial score (nSPS) is 18.7. The van der Waals surface area contributed by atoms with Gasteiger partial charge in [-0.3, -0.25) is 19.4 Å². The summed E-state index contributed by atoms with van der Waals surface area (Å²) in [5.74, 6) is 2.83. The van der Waals surface area contributed by atoms with Gasteiger partial charge in [0.25, 0.3) is 5.91 Å². The summed E-state index contributed by atoms with van der Waals surface area (Å²) in [4.78, 5) is 61.7. The summed E-state index contributed by atoms with van der Waals surface area (Å²) in [6, 6.07) is 12.0. The summed E-state index contributed by atoms with van der Waals surface area (Å²) in [7, 11) is 3.21. The quantitative estimate of drug-likeness (QED) is 0.140. The molecule has 5 aliphatic rings. The molecule has 2 aromatic carbocycles. The molecule has 326 valence electrons. The minimum Gasteiger partial charge on any atom is -0.493 e. The van der Waals surface area contributed by atoms with Crippen molar-refractivity contribution in [3.63, 3.8) is 0 Å². The third kappa shape index (κ3) is 7.76. The number of benzene rings is 2. The number of rotatable bonds is 13. The molecule has 1 atom stereocenters. The van der Waals surface area contributed by atoms with Crippen molar-refractivity contribution in [3.05, 3.63) is 84.1 Å². The van der Waals surface area contributed by atoms with E-state index in [-0.39, 0.29) is 36.6 Å². The van der Waals surface area contributed by atoms with Crippen LogP contribution < -0.4 is 29.0 Å². The van der Waals surface area contributed by atoms with Crippen LogP contribution in [0.4, 0.5) is 0 Å². The van der Waals surface area contributed by atoms with Gasteiger partial charge in [0.05, 0.1) is 54.6 Å². The maximum atomic E-state index is 14.6. The molecular weight excluding hydrogens is 805 g/mol. The number of hydrogen-bond acceptors (Lipinski definition) is 12. The lowest BCUT2D eigenvalue weighted by Gasteiger charge is -2.43. The van der Waals surface area contributed by atoms with Crippen molar-refractivity contribution in [2.45, 2.75) is 76.3 Å². The second-order valence-electron chi connectivity index (χ2n) is 17.2. The van der Waals surface area contributed by atoms with E-state index in [2.05, 4.69) is 25.3 Å². The molecule has 0 unspecified atom stereocenters. The number of aromatic nitrogens is 4. The van der Waals surface area contributed by atoms with Crippen LogP contribution in [0.15, 0.2) is 72.5 Å². The van der Waals surface area contributed by atoms with Crippen molar-refractivity contribution in [2.24, 2.45) is 16.4 Å². The van der Waals surface area contributed by atoms with E-state index in [0.717, 1.165) is 55.4 Å². The van der Waals surface area contributed by atoms with Crippen molar-refractivity contribution in [3.8, 4) is 40.0 Å². The number of hydrogen-bond donors (Lipinski definition) is 2. The average Bonchev–Trinajstić information content (AvgIpc) is 3.61. The molecule has 0 radical (unpaired) electrons. The van der Waals surface area contributed by atoms with Gasteiger partial charge in [-0.2, -0.15) is 5.10 Å². The van der Waals surface area contributed by atoms with Crippen LogP contribution in [0.2, 0.25) is 0 Å². The molecule has 2 N–H and O–H groups in total. The Bertz CT molecular complexity index is 2580. The maximum Gasteiger partial charge on any atom is 0.255 e. The molecule has 63 heavy (non-hydrogen) atoms. The molecule has 10 rings (SSSR count). The van der Waals surface area contributed by atoms with Gasteiger partial charge in [0.15, 0.2) is 23.0 Å². The summed E-state index contributed by atoms with van der Waals surface area (Å²) in [5.41, 5.74) is 4.32. The number of methoxy groups -OCH3 is 2. The Kier molecular flexibility index (Phi) is 10.8. The molecule has 3 fully saturated rings. The number of amides is 3. The fraction of sp³-hybridized carbons (Fsp3) is 0.426. The van der Waals surface area contributed by atoms with Gasteiger partial charge in [0.2, 0.25) is 18.6 Å². The minimum atomic E-state index is -0.914. The van der Waals surface area contributed by atoms with E-state index in [1.807, 2.05) is 42.5 Å². The Balaban J connectivity index is 0.889. The van der Waals surface area contributed by atoms with Crippen LogP contribution in [-0.4, -0.2) is 106 Å². The van der Waals surface area contributed by atoms with E-state index in [1.54, 1.807) is 42.7 Å². The molecule has 2 aliphatic carbocycles. The molecule has 16 heteroatoms. The first-order chi connectivity index (χ1) is 30.8. The molecule has 3 aliphatic heterocycles. The van der Waals surface area contributed by atoms with Crippen LogP contribution in [0.1, 0.15) is 79.3 Å². The van der Waals surface area contributed by atoms with E-state index in [1.165, 1.54) is 6.33 Å². The van der Waals surface area contributed by atoms with Crippen LogP contribution in [0.5, 0.6) is 28.7 Å². The SMILES string of the molecule is COc1ccc(C2=NN(C3CCN(C(=O)[C@H](Cc4cccnc4)NC(=O)c4c[nH]c5c(-c6c(OCC7CC7)ccc7c6OCO7)ncnc45)CC3)C(=O)C3(CCCC3)C2)cc1OC. The number of carbonyl (C=O) groups is 3. The van der Waals surface area contributed by atoms with Gasteiger partial charge in [-0.25, -0.2) is 15.0 Å². The van der Waals surface area contributed by atoms with Crippen LogP contribution in [0.25, 0.3) is 22.3 Å². The lowest BCUT2D eigenvalue weighted by atomic mass is 9.77. The number of pyridine rings is 1. The van der Waals surface area contributed by atoms with E-state index in [4.69, 9.17) is 28.8 Å². The summed E-state index contributed by atoms with van der Waals surface area (Å²) in [5, 5.41) is 9.80. The largest absolute Gasteiger partial charge is 0.493 e. The van der Waals surface area contributed by atoms with Crippen molar-refractivity contribution in [2.75, 3.05) is 40.7 Å². The number of piperidine rings is 1. The Morgan fingerprint density at radius 3 is 2.56 bits per heavy atom. The van der Waals surface area contributed by atoms with Gasteiger partial charge in [-0.1, -0.05) is 18.9 Å². The van der Waals surface area contributed by atoms with Gasteiger partial charge >= 0.3 is 0 Å². The van der Waals surface area contributed by atoms with Crippen LogP contribution >= 0.6 is 0 Å². The molecule has 6 heterocycles. The summed E-state index contributed by atoms with van der Waals surface area (Å²) < 4.78 is 29.0. The molecule has 1 saturated heterocycles. The predicted octanol–water partition coefficient (Wildman–Crippen LogP) is 6.08. The molecule has 0 bridgehead atoms. The van der Waals surface area contributed by atoms with Crippen molar-refractivity contribution in [1.82, 2.24) is 35.2 Å². The van der Waals surface area contributed by atoms with Gasteiger partial charge < -0.3 is 38.9 Å². The van der Waals surface area contributed by atoms with Gasteiger partial charge in [-0.05, 0) is 86.4 Å². The number of hydrazone groups is 1. The van der Waals surface area contributed by atoms with Crippen LogP contribution in [0, 0.1) is 11.3 Å². The third-order valence-electron chi connectivity index (χ3n) is 13.2. The number of ether oxygens (including phenoxy) is 5. The second kappa shape index (κ2) is 16.9. The lowest BCUT2D eigenvalue weighted by molar-refractivity contribution is -0.147. The highest BCUT2D eigenvalue weighted by Gasteiger charge is 2.49. The number of likely N-dealkylation sites (tertiary alicyclic amines) is 1. The number of aromatic amines is 1. The standard InChI is InChI=1S/C47H50N8O8/c1-59-35-10-9-30(21-38(35)60-2)34-22-47(15-3-4-16-47)46(58)55(53-34)31-13-18-54(19-14-31)45(57)33(20-29-6-5-17-48-23-29)52-44(56)32-24-49-42-40(32)50-26-51-41(42)39-36(61-25-28-7-8-28)11-12-37-43(39)63-27-62-37/h5-6,9-12,17,21,23-24,26,28,31,33,49H,3-4,7-8,13-16,18-20,22,25,27H2,1-2H3,(H,52,56)/t33-/m0/s1. The fourth-order valence-electron chi connectivity index (χ4n) is 9.55. The minimum absolute atomic E-state index is 0.0671. The van der Waals surface area contributed by atoms with Crippen LogP contribution in [-0.2, 0) is 16.0 Å². The molecule has 5 aromatic rings. The molecule has 2 saturated carbocycles. The summed E-state index contributed by atoms with van der Waals surface area (Å²) >= 11 is 0. The zero-order valence-electron chi connectivity index (χ0n) is 35.4. The first kappa shape index (κ1) is 40.4. The fourth-order valence-corrected chi connectivity index (χ4v) is 9.55. The Morgan fingerprint density at radius 1 is 0.984 bits per heavy atom. The lowest BCUT2D eigenvalue weighted by Crippen LogP contribution is -2.56. The highest BCUT2D eigenvalue weighted by Crippen LogP contribution is 2.49. The Labute approximate surface area is 364 Å². The van der Waals surface area contributed by atoms with Gasteiger partial charge in [0.1, 0.15) is 29.3 Å². The van der Waals surface area contributed by atoms with E-state index in [9.17, 15) is 14.4 Å². The first-order valence-corrected chi connectivity index (χ1v) is 21.8. The van der Waals surface area contributed by atoms with Crippen molar-refractivity contribution < 1.29 is 38.1 Å². The Morgan fingerprint density at radius 2 is 1.79 bits per heavy atom. The number of nitrogens with one attached hydrogen (secondary N) is 2. The third-order valence-corrected chi connectivity index (χ3v) is 13.2. The number of H-pyrrole nitrogens is 1. The zero-order chi connectivity index (χ0) is 43.1. The topological polar surface area (TPSA) is 183 Å². The summed E-state index contributed by atoms with van der Waals surface area (Å²) in [6.45, 7) is 1.43. The monoisotopic (exact) mass is 854 g/mol. The maximum absolute atomic E-state index is 14.6. The van der Waals surface area contributed by atoms with Crippen LogP contribution in [0.3, 0.4) is 0 Å². The smallest absolute Gasteiger partial charge is 0.255 e. The predicted molar refractivity (Wildman–Crippen MR) is 231 cm³/mol.